The van der Waals surface area contributed by atoms with E-state index in [-0.39, 0.29) is 36.0 Å². The van der Waals surface area contributed by atoms with Crippen LogP contribution in [-0.2, 0) is 11.3 Å². The number of fused-ring (bicyclic) bond motifs is 2. The van der Waals surface area contributed by atoms with Gasteiger partial charge in [-0.15, -0.1) is 11.8 Å². The van der Waals surface area contributed by atoms with Gasteiger partial charge in [0.2, 0.25) is 11.8 Å². The van der Waals surface area contributed by atoms with Gasteiger partial charge in [-0.1, -0.05) is 11.6 Å². The van der Waals surface area contributed by atoms with Crippen molar-refractivity contribution in [2.45, 2.75) is 42.8 Å². The maximum absolute atomic E-state index is 14.9. The molecule has 3 unspecified atom stereocenters. The molecule has 11 heteroatoms. The highest BCUT2D eigenvalue weighted by Crippen LogP contribution is 2.36. The van der Waals surface area contributed by atoms with Crippen LogP contribution in [0.15, 0.2) is 35.4 Å². The zero-order valence-corrected chi connectivity index (χ0v) is 22.0. The van der Waals surface area contributed by atoms with Crippen LogP contribution in [-0.4, -0.2) is 53.0 Å². The van der Waals surface area contributed by atoms with E-state index in [1.807, 2.05) is 0 Å². The van der Waals surface area contributed by atoms with Crippen LogP contribution in [0.4, 0.5) is 10.1 Å². The molecule has 5 rings (SSSR count). The predicted molar refractivity (Wildman–Crippen MR) is 143 cm³/mol. The fourth-order valence-electron chi connectivity index (χ4n) is 5.02. The highest BCUT2D eigenvalue weighted by atomic mass is 35.5. The highest BCUT2D eigenvalue weighted by molar-refractivity contribution is 8.00. The van der Waals surface area contributed by atoms with Gasteiger partial charge in [0.1, 0.15) is 11.3 Å². The minimum atomic E-state index is -0.930. The van der Waals surface area contributed by atoms with Gasteiger partial charge < -0.3 is 25.8 Å². The lowest BCUT2D eigenvalue weighted by Crippen LogP contribution is -2.44. The number of benzene rings is 2. The van der Waals surface area contributed by atoms with Crippen LogP contribution in [0.25, 0.3) is 11.0 Å². The summed E-state index contributed by atoms with van der Waals surface area (Å²) in [4.78, 5) is 21.4. The molecule has 2 aliphatic rings. The van der Waals surface area contributed by atoms with Crippen LogP contribution in [0.1, 0.15) is 36.5 Å². The Morgan fingerprint density at radius 1 is 1.38 bits per heavy atom. The number of aliphatic hydroxyl groups is 1. The number of anilines is 1. The van der Waals surface area contributed by atoms with Gasteiger partial charge in [0.05, 0.1) is 36.4 Å². The van der Waals surface area contributed by atoms with E-state index >= 15 is 0 Å². The van der Waals surface area contributed by atoms with Gasteiger partial charge in [0.25, 0.3) is 0 Å². The summed E-state index contributed by atoms with van der Waals surface area (Å²) in [6.07, 6.45) is 2.95. The lowest BCUT2D eigenvalue weighted by Gasteiger charge is -2.33. The van der Waals surface area contributed by atoms with Crippen LogP contribution in [0.2, 0.25) is 5.02 Å². The Labute approximate surface area is 223 Å². The van der Waals surface area contributed by atoms with Crippen LogP contribution in [0.3, 0.4) is 0 Å². The summed E-state index contributed by atoms with van der Waals surface area (Å²) in [5.74, 6) is 0.432. The standard InChI is InChI=1S/C26H29ClFN5O3S/c1-36-24-12-31-18-5-4-16(27)25(26(18)33-24)21(34)9-19(14-3-2-6-29-10-14)30-11-15-7-20-22(8-17(15)28)37-13-23(35)32-20/h4-5,7-8,12,14,19,21,29-30,34H,2-3,6,9-11,13H2,1H3,(H,32,35). The topological polar surface area (TPSA) is 108 Å². The third-order valence-electron chi connectivity index (χ3n) is 6.94. The molecule has 3 heterocycles. The minimum Gasteiger partial charge on any atom is -0.480 e. The van der Waals surface area contributed by atoms with Crippen molar-refractivity contribution in [3.05, 3.63) is 52.4 Å². The summed E-state index contributed by atoms with van der Waals surface area (Å²) in [7, 11) is 1.51. The summed E-state index contributed by atoms with van der Waals surface area (Å²) in [6, 6.07) is 6.51. The second kappa shape index (κ2) is 11.5. The molecule has 0 saturated carbocycles. The number of carbonyl (C=O) groups is 1. The van der Waals surface area contributed by atoms with E-state index in [1.165, 1.54) is 31.1 Å². The summed E-state index contributed by atoms with van der Waals surface area (Å²) >= 11 is 7.88. The number of thioether (sulfide) groups is 1. The largest absolute Gasteiger partial charge is 0.480 e. The Morgan fingerprint density at radius 3 is 3.03 bits per heavy atom. The number of nitrogens with one attached hydrogen (secondary N) is 3. The molecule has 8 nitrogen and oxygen atoms in total. The fraction of sp³-hybridized carbons (Fsp3) is 0.423. The average Bonchev–Trinajstić information content (AvgIpc) is 2.91. The number of ether oxygens (including phenoxy) is 1. The first kappa shape index (κ1) is 26.1. The van der Waals surface area contributed by atoms with Gasteiger partial charge >= 0.3 is 0 Å². The number of piperidine rings is 1. The first-order valence-electron chi connectivity index (χ1n) is 12.3. The number of rotatable bonds is 8. The molecule has 3 aromatic rings. The number of hydrogen-bond acceptors (Lipinski definition) is 8. The van der Waals surface area contributed by atoms with Crippen molar-refractivity contribution >= 4 is 46.0 Å². The molecule has 0 bridgehead atoms. The predicted octanol–water partition coefficient (Wildman–Crippen LogP) is 4.06. The quantitative estimate of drug-likeness (QED) is 0.336. The molecule has 196 valence electrons. The van der Waals surface area contributed by atoms with Crippen molar-refractivity contribution in [3.63, 3.8) is 0 Å². The third-order valence-corrected chi connectivity index (χ3v) is 8.32. The second-order valence-electron chi connectivity index (χ2n) is 9.36. The van der Waals surface area contributed by atoms with E-state index in [2.05, 4.69) is 25.9 Å². The lowest BCUT2D eigenvalue weighted by molar-refractivity contribution is -0.113. The van der Waals surface area contributed by atoms with E-state index in [0.717, 1.165) is 30.8 Å². The molecule has 0 aliphatic carbocycles. The summed E-state index contributed by atoms with van der Waals surface area (Å²) in [6.45, 7) is 2.00. The van der Waals surface area contributed by atoms with Crippen LogP contribution >= 0.6 is 23.4 Å². The maximum atomic E-state index is 14.9. The zero-order valence-electron chi connectivity index (χ0n) is 20.4. The van der Waals surface area contributed by atoms with Gasteiger partial charge in [0, 0.05) is 33.6 Å². The third kappa shape index (κ3) is 5.83. The number of aliphatic hydroxyl groups excluding tert-OH is 1. The molecule has 1 saturated heterocycles. The van der Waals surface area contributed by atoms with Crippen LogP contribution in [0.5, 0.6) is 5.88 Å². The Hall–Kier alpha value is -2.50. The molecule has 4 N–H and O–H groups in total. The Bertz CT molecular complexity index is 1310. The van der Waals surface area contributed by atoms with E-state index in [4.69, 9.17) is 16.3 Å². The maximum Gasteiger partial charge on any atom is 0.234 e. The lowest BCUT2D eigenvalue weighted by atomic mass is 9.86. The van der Waals surface area contributed by atoms with Crippen molar-refractivity contribution in [1.82, 2.24) is 20.6 Å². The number of aromatic nitrogens is 2. The Balaban J connectivity index is 1.40. The van der Waals surface area contributed by atoms with Gasteiger partial charge in [-0.2, -0.15) is 0 Å². The number of amides is 1. The Morgan fingerprint density at radius 2 is 2.24 bits per heavy atom. The molecule has 1 amide bonds. The zero-order chi connectivity index (χ0) is 25.9. The van der Waals surface area contributed by atoms with Gasteiger partial charge in [-0.25, -0.2) is 14.4 Å². The summed E-state index contributed by atoms with van der Waals surface area (Å²) in [5.41, 5.74) is 2.70. The molecule has 2 aliphatic heterocycles. The number of methoxy groups -OCH3 is 1. The number of halogens is 2. The molecule has 0 radical (unpaired) electrons. The number of carbonyl (C=O) groups excluding carboxylic acids is 1. The molecule has 2 aromatic carbocycles. The second-order valence-corrected chi connectivity index (χ2v) is 10.8. The highest BCUT2D eigenvalue weighted by Gasteiger charge is 2.29. The summed E-state index contributed by atoms with van der Waals surface area (Å²) < 4.78 is 20.2. The molecule has 37 heavy (non-hydrogen) atoms. The number of nitrogens with zero attached hydrogens (tertiary/aromatic N) is 2. The van der Waals surface area contributed by atoms with Crippen molar-refractivity contribution in [2.24, 2.45) is 5.92 Å². The monoisotopic (exact) mass is 545 g/mol. The summed E-state index contributed by atoms with van der Waals surface area (Å²) in [5, 5.41) is 21.6. The van der Waals surface area contributed by atoms with E-state index in [0.29, 0.717) is 45.2 Å². The average molecular weight is 546 g/mol. The SMILES string of the molecule is COc1cnc2ccc(Cl)c(C(O)CC(NCc3cc4c(cc3F)SCC(=O)N4)C3CCCNC3)c2n1. The van der Waals surface area contributed by atoms with Crippen molar-refractivity contribution in [1.29, 1.82) is 0 Å². The van der Waals surface area contributed by atoms with Gasteiger partial charge in [0.15, 0.2) is 0 Å². The smallest absolute Gasteiger partial charge is 0.234 e. The van der Waals surface area contributed by atoms with Crippen molar-refractivity contribution < 1.29 is 19.0 Å². The molecule has 3 atom stereocenters. The Kier molecular flexibility index (Phi) is 8.11. The first-order valence-corrected chi connectivity index (χ1v) is 13.7. The first-order chi connectivity index (χ1) is 17.9. The normalized spacial score (nSPS) is 19.2. The van der Waals surface area contributed by atoms with E-state index in [1.54, 1.807) is 18.2 Å². The number of hydrogen-bond donors (Lipinski definition) is 4. The molecular weight excluding hydrogens is 517 g/mol. The van der Waals surface area contributed by atoms with Gasteiger partial charge in [-0.3, -0.25) is 4.79 Å². The van der Waals surface area contributed by atoms with Crippen LogP contribution in [0, 0.1) is 11.7 Å². The molecule has 1 fully saturated rings. The molecule has 1 aromatic heterocycles. The van der Waals surface area contributed by atoms with Crippen molar-refractivity contribution in [3.8, 4) is 5.88 Å². The molecule has 0 spiro atoms. The minimum absolute atomic E-state index is 0.0935. The van der Waals surface area contributed by atoms with Crippen molar-refractivity contribution in [2.75, 3.05) is 31.3 Å². The van der Waals surface area contributed by atoms with E-state index < -0.39 is 6.10 Å². The molecular formula is C26H29ClFN5O3S. The van der Waals surface area contributed by atoms with Crippen LogP contribution < -0.4 is 20.7 Å². The van der Waals surface area contributed by atoms with E-state index in [9.17, 15) is 14.3 Å². The fourth-order valence-corrected chi connectivity index (χ4v) is 6.11. The van der Waals surface area contributed by atoms with Gasteiger partial charge in [-0.05, 0) is 62.5 Å².